The molecule has 1 aromatic carbocycles. The second-order valence-corrected chi connectivity index (χ2v) is 4.76. The van der Waals surface area contributed by atoms with E-state index in [1.165, 1.54) is 6.07 Å². The summed E-state index contributed by atoms with van der Waals surface area (Å²) in [5.41, 5.74) is 1.38. The van der Waals surface area contributed by atoms with Gasteiger partial charge >= 0.3 is 5.97 Å². The first-order valence-electron chi connectivity index (χ1n) is 6.04. The Morgan fingerprint density at radius 1 is 1.33 bits per heavy atom. The molecule has 0 aliphatic rings. The van der Waals surface area contributed by atoms with Gasteiger partial charge in [-0.1, -0.05) is 19.9 Å². The van der Waals surface area contributed by atoms with Gasteiger partial charge in [0.15, 0.2) is 0 Å². The minimum atomic E-state index is -0.981. The Morgan fingerprint density at radius 3 is 2.56 bits per heavy atom. The van der Waals surface area contributed by atoms with E-state index in [1.807, 2.05) is 0 Å². The molecule has 98 valence electrons. The first-order chi connectivity index (χ1) is 8.41. The van der Waals surface area contributed by atoms with Crippen molar-refractivity contribution in [3.8, 4) is 0 Å². The number of nitrogens with one attached hydrogen (secondary N) is 1. The molecule has 0 saturated heterocycles. The zero-order chi connectivity index (χ0) is 13.7. The molecule has 18 heavy (non-hydrogen) atoms. The molecule has 0 heterocycles. The van der Waals surface area contributed by atoms with Crippen LogP contribution in [-0.4, -0.2) is 17.0 Å². The topological polar surface area (TPSA) is 66.4 Å². The monoisotopic (exact) mass is 249 g/mol. The molecule has 0 saturated carbocycles. The third-order valence-electron chi connectivity index (χ3n) is 2.79. The van der Waals surface area contributed by atoms with Crippen LogP contribution >= 0.6 is 0 Å². The lowest BCUT2D eigenvalue weighted by Gasteiger charge is -2.11. The number of rotatable bonds is 5. The molecule has 4 nitrogen and oxygen atoms in total. The average molecular weight is 249 g/mol. The van der Waals surface area contributed by atoms with Crippen LogP contribution in [0.1, 0.15) is 42.6 Å². The fourth-order valence-corrected chi connectivity index (χ4v) is 1.64. The highest BCUT2D eigenvalue weighted by molar-refractivity contribution is 5.95. The van der Waals surface area contributed by atoms with Gasteiger partial charge in [-0.3, -0.25) is 4.79 Å². The summed E-state index contributed by atoms with van der Waals surface area (Å²) in [5, 5.41) is 11.7. The van der Waals surface area contributed by atoms with Gasteiger partial charge in [0.25, 0.3) is 0 Å². The summed E-state index contributed by atoms with van der Waals surface area (Å²) in [6, 6.07) is 4.88. The number of aromatic carboxylic acids is 1. The SMILES string of the molecule is Cc1c(NC(=O)CCC(C)C)cccc1C(=O)O. The van der Waals surface area contributed by atoms with Gasteiger partial charge in [0.05, 0.1) is 5.56 Å². The summed E-state index contributed by atoms with van der Waals surface area (Å²) < 4.78 is 0. The first kappa shape index (κ1) is 14.2. The van der Waals surface area contributed by atoms with Crippen LogP contribution in [0.3, 0.4) is 0 Å². The number of benzene rings is 1. The normalized spacial score (nSPS) is 10.4. The number of carboxylic acid groups (broad SMARTS) is 1. The van der Waals surface area contributed by atoms with Crippen molar-refractivity contribution in [2.24, 2.45) is 5.92 Å². The molecule has 0 aliphatic heterocycles. The van der Waals surface area contributed by atoms with E-state index in [2.05, 4.69) is 19.2 Å². The zero-order valence-electron chi connectivity index (χ0n) is 11.0. The standard InChI is InChI=1S/C14H19NO3/c1-9(2)7-8-13(16)15-12-6-4-5-11(10(12)3)14(17)18/h4-6,9H,7-8H2,1-3H3,(H,15,16)(H,17,18). The quantitative estimate of drug-likeness (QED) is 0.842. The van der Waals surface area contributed by atoms with Gasteiger partial charge in [-0.2, -0.15) is 0 Å². The van der Waals surface area contributed by atoms with Gasteiger partial charge < -0.3 is 10.4 Å². The van der Waals surface area contributed by atoms with E-state index in [4.69, 9.17) is 5.11 Å². The Hall–Kier alpha value is -1.84. The lowest BCUT2D eigenvalue weighted by molar-refractivity contribution is -0.116. The van der Waals surface area contributed by atoms with Crippen molar-refractivity contribution in [2.75, 3.05) is 5.32 Å². The van der Waals surface area contributed by atoms with Crippen LogP contribution in [0.2, 0.25) is 0 Å². The molecule has 0 spiro atoms. The minimum Gasteiger partial charge on any atom is -0.478 e. The summed E-state index contributed by atoms with van der Waals surface area (Å²) in [6.07, 6.45) is 1.28. The average Bonchev–Trinajstić information content (AvgIpc) is 2.29. The van der Waals surface area contributed by atoms with Gasteiger partial charge in [-0.25, -0.2) is 4.79 Å². The van der Waals surface area contributed by atoms with Crippen molar-refractivity contribution in [1.82, 2.24) is 0 Å². The van der Waals surface area contributed by atoms with Crippen LogP contribution in [0.4, 0.5) is 5.69 Å². The molecule has 2 N–H and O–H groups in total. The van der Waals surface area contributed by atoms with Gasteiger partial charge in [0.1, 0.15) is 0 Å². The number of hydrogen-bond donors (Lipinski definition) is 2. The van der Waals surface area contributed by atoms with Gasteiger partial charge in [0, 0.05) is 12.1 Å². The van der Waals surface area contributed by atoms with Gasteiger partial charge in [0.2, 0.25) is 5.91 Å². The van der Waals surface area contributed by atoms with E-state index in [0.717, 1.165) is 6.42 Å². The molecule has 0 bridgehead atoms. The number of anilines is 1. The first-order valence-corrected chi connectivity index (χ1v) is 6.04. The second-order valence-electron chi connectivity index (χ2n) is 4.76. The third kappa shape index (κ3) is 3.87. The summed E-state index contributed by atoms with van der Waals surface area (Å²) in [4.78, 5) is 22.7. The van der Waals surface area contributed by atoms with Crippen molar-refractivity contribution in [2.45, 2.75) is 33.6 Å². The Bertz CT molecular complexity index is 452. The van der Waals surface area contributed by atoms with E-state index >= 15 is 0 Å². The molecular formula is C14H19NO3. The molecule has 1 rings (SSSR count). The Balaban J connectivity index is 2.76. The van der Waals surface area contributed by atoms with Crippen LogP contribution in [-0.2, 0) is 4.79 Å². The Morgan fingerprint density at radius 2 is 2.00 bits per heavy atom. The molecule has 1 amide bonds. The molecule has 0 aliphatic carbocycles. The lowest BCUT2D eigenvalue weighted by Crippen LogP contribution is -2.14. The maximum Gasteiger partial charge on any atom is 0.336 e. The van der Waals surface area contributed by atoms with Gasteiger partial charge in [-0.05, 0) is 37.0 Å². The fourth-order valence-electron chi connectivity index (χ4n) is 1.64. The van der Waals surface area contributed by atoms with Crippen molar-refractivity contribution in [1.29, 1.82) is 0 Å². The predicted molar refractivity (Wildman–Crippen MR) is 70.8 cm³/mol. The molecule has 4 heteroatoms. The van der Waals surface area contributed by atoms with Crippen LogP contribution < -0.4 is 5.32 Å². The maximum atomic E-state index is 11.7. The number of carbonyl (C=O) groups is 2. The summed E-state index contributed by atoms with van der Waals surface area (Å²) >= 11 is 0. The second kappa shape index (κ2) is 6.19. The summed E-state index contributed by atoms with van der Waals surface area (Å²) in [7, 11) is 0. The van der Waals surface area contributed by atoms with Crippen LogP contribution in [0.5, 0.6) is 0 Å². The molecule has 0 radical (unpaired) electrons. The molecule has 0 atom stereocenters. The van der Waals surface area contributed by atoms with Crippen molar-refractivity contribution in [3.05, 3.63) is 29.3 Å². The van der Waals surface area contributed by atoms with Crippen molar-refractivity contribution in [3.63, 3.8) is 0 Å². The smallest absolute Gasteiger partial charge is 0.336 e. The highest BCUT2D eigenvalue weighted by atomic mass is 16.4. The van der Waals surface area contributed by atoms with Crippen molar-refractivity contribution >= 4 is 17.6 Å². The van der Waals surface area contributed by atoms with E-state index in [0.29, 0.717) is 23.6 Å². The van der Waals surface area contributed by atoms with Crippen LogP contribution in [0, 0.1) is 12.8 Å². The predicted octanol–water partition coefficient (Wildman–Crippen LogP) is 3.07. The van der Waals surface area contributed by atoms with Crippen LogP contribution in [0.15, 0.2) is 18.2 Å². The lowest BCUT2D eigenvalue weighted by atomic mass is 10.1. The number of hydrogen-bond acceptors (Lipinski definition) is 2. The summed E-state index contributed by atoms with van der Waals surface area (Å²) in [6.45, 7) is 5.81. The summed E-state index contributed by atoms with van der Waals surface area (Å²) in [5.74, 6) is -0.581. The minimum absolute atomic E-state index is 0.0747. The number of amides is 1. The Kier molecular flexibility index (Phi) is 4.89. The van der Waals surface area contributed by atoms with Gasteiger partial charge in [-0.15, -0.1) is 0 Å². The fraction of sp³-hybridized carbons (Fsp3) is 0.429. The number of carbonyl (C=O) groups excluding carboxylic acids is 1. The highest BCUT2D eigenvalue weighted by Crippen LogP contribution is 2.19. The third-order valence-corrected chi connectivity index (χ3v) is 2.79. The van der Waals surface area contributed by atoms with Crippen molar-refractivity contribution < 1.29 is 14.7 Å². The molecular weight excluding hydrogens is 230 g/mol. The Labute approximate surface area is 107 Å². The van der Waals surface area contributed by atoms with E-state index in [9.17, 15) is 9.59 Å². The van der Waals surface area contributed by atoms with E-state index in [1.54, 1.807) is 19.1 Å². The molecule has 0 unspecified atom stereocenters. The molecule has 1 aromatic rings. The molecule has 0 fully saturated rings. The number of carboxylic acids is 1. The van der Waals surface area contributed by atoms with E-state index < -0.39 is 5.97 Å². The highest BCUT2D eigenvalue weighted by Gasteiger charge is 2.12. The van der Waals surface area contributed by atoms with E-state index in [-0.39, 0.29) is 11.5 Å². The maximum absolute atomic E-state index is 11.7. The zero-order valence-corrected chi connectivity index (χ0v) is 11.0. The molecule has 0 aromatic heterocycles. The van der Waals surface area contributed by atoms with Crippen LogP contribution in [0.25, 0.3) is 0 Å². The largest absolute Gasteiger partial charge is 0.478 e.